The van der Waals surface area contributed by atoms with Gasteiger partial charge < -0.3 is 4.55 Å². The summed E-state index contributed by atoms with van der Waals surface area (Å²) in [5, 5.41) is 0. The van der Waals surface area contributed by atoms with E-state index in [1.54, 1.807) is 24.6 Å². The van der Waals surface area contributed by atoms with Gasteiger partial charge in [-0.1, -0.05) is 24.3 Å². The number of aromatic nitrogens is 2. The molecule has 0 unspecified atom stereocenters. The second kappa shape index (κ2) is 7.03. The molecular weight excluding hydrogens is 336 g/mol. The van der Waals surface area contributed by atoms with Gasteiger partial charge in [0.05, 0.1) is 10.5 Å². The molecular formula is C15H16N2O4S2. The van der Waals surface area contributed by atoms with Crippen LogP contribution in [0.4, 0.5) is 0 Å². The molecule has 6 nitrogen and oxygen atoms in total. The molecule has 3 aromatic rings. The van der Waals surface area contributed by atoms with Crippen molar-refractivity contribution < 1.29 is 22.2 Å². The van der Waals surface area contributed by atoms with Gasteiger partial charge in [0.15, 0.2) is 11.0 Å². The highest BCUT2D eigenvalue weighted by Gasteiger charge is 2.18. The number of benzene rings is 2. The van der Waals surface area contributed by atoms with E-state index in [1.165, 1.54) is 12.1 Å². The van der Waals surface area contributed by atoms with Gasteiger partial charge in [-0.2, -0.15) is 0 Å². The molecule has 1 heterocycles. The molecule has 0 fully saturated rings. The Morgan fingerprint density at radius 3 is 2.22 bits per heavy atom. The van der Waals surface area contributed by atoms with Crippen LogP contribution in [0.25, 0.3) is 22.4 Å². The van der Waals surface area contributed by atoms with E-state index in [0.29, 0.717) is 11.4 Å². The third-order valence-electron chi connectivity index (χ3n) is 2.87. The van der Waals surface area contributed by atoms with Gasteiger partial charge in [-0.15, -0.1) is 0 Å². The van der Waals surface area contributed by atoms with Gasteiger partial charge in [0.1, 0.15) is 10.1 Å². The predicted octanol–water partition coefficient (Wildman–Crippen LogP) is 1.55. The maximum atomic E-state index is 11.3. The largest absolute Gasteiger partial charge is 0.744 e. The first kappa shape index (κ1) is 17.3. The lowest BCUT2D eigenvalue weighted by Crippen LogP contribution is -2.07. The second-order valence-corrected chi connectivity index (χ2v) is 7.69. The summed E-state index contributed by atoms with van der Waals surface area (Å²) in [5.41, 5.74) is 2.03. The minimum atomic E-state index is -4.51. The fraction of sp³-hybridized carbons (Fsp3) is 0.133. The number of nitrogens with one attached hydrogen (secondary N) is 2. The Hall–Kier alpha value is -2.03. The Kier molecular flexibility index (Phi) is 5.30. The highest BCUT2D eigenvalue weighted by atomic mass is 32.2. The maximum absolute atomic E-state index is 11.3. The van der Waals surface area contributed by atoms with Crippen molar-refractivity contribution in [3.05, 3.63) is 48.5 Å². The van der Waals surface area contributed by atoms with Crippen molar-refractivity contribution in [1.82, 2.24) is 4.98 Å². The topological polar surface area (TPSA) is 104 Å². The van der Waals surface area contributed by atoms with E-state index in [2.05, 4.69) is 9.97 Å². The Morgan fingerprint density at radius 1 is 1.04 bits per heavy atom. The van der Waals surface area contributed by atoms with Gasteiger partial charge >= 0.3 is 0 Å². The summed E-state index contributed by atoms with van der Waals surface area (Å²) in [5.74, 6) is 0.497. The van der Waals surface area contributed by atoms with Crippen molar-refractivity contribution in [3.63, 3.8) is 0 Å². The summed E-state index contributed by atoms with van der Waals surface area (Å²) in [6.45, 7) is 0. The van der Waals surface area contributed by atoms with E-state index >= 15 is 0 Å². The van der Waals surface area contributed by atoms with Crippen LogP contribution in [-0.2, 0) is 20.9 Å². The number of hydrogen-bond donors (Lipinski definition) is 1. The number of fused-ring (bicyclic) bond motifs is 1. The Bertz CT molecular complexity index is 912. The predicted molar refractivity (Wildman–Crippen MR) is 88.2 cm³/mol. The minimum Gasteiger partial charge on any atom is -0.744 e. The van der Waals surface area contributed by atoms with Crippen LogP contribution in [0.2, 0.25) is 0 Å². The fourth-order valence-corrected chi connectivity index (χ4v) is 2.71. The summed E-state index contributed by atoms with van der Waals surface area (Å²) in [6.07, 6.45) is 3.28. The number of imidazole rings is 1. The quantitative estimate of drug-likeness (QED) is 0.706. The van der Waals surface area contributed by atoms with Gasteiger partial charge in [0, 0.05) is 23.3 Å². The van der Waals surface area contributed by atoms with Crippen LogP contribution in [0.15, 0.2) is 53.4 Å². The highest BCUT2D eigenvalue weighted by molar-refractivity contribution is 7.86. The number of H-pyrrole nitrogens is 2. The summed E-state index contributed by atoms with van der Waals surface area (Å²) in [4.78, 5) is 5.89. The smallest absolute Gasteiger partial charge is 0.286 e. The zero-order valence-electron chi connectivity index (χ0n) is 12.6. The van der Waals surface area contributed by atoms with Crippen LogP contribution in [0.1, 0.15) is 0 Å². The van der Waals surface area contributed by atoms with E-state index in [0.717, 1.165) is 11.0 Å². The van der Waals surface area contributed by atoms with Crippen molar-refractivity contribution in [1.29, 1.82) is 0 Å². The molecule has 0 amide bonds. The maximum Gasteiger partial charge on any atom is 0.286 e. The van der Waals surface area contributed by atoms with Gasteiger partial charge in [0.2, 0.25) is 0 Å². The van der Waals surface area contributed by atoms with Crippen molar-refractivity contribution in [2.45, 2.75) is 4.90 Å². The first-order chi connectivity index (χ1) is 10.8. The van der Waals surface area contributed by atoms with E-state index in [4.69, 9.17) is 0 Å². The van der Waals surface area contributed by atoms with Crippen LogP contribution in [-0.4, -0.2) is 34.7 Å². The van der Waals surface area contributed by atoms with E-state index < -0.39 is 20.9 Å². The monoisotopic (exact) mass is 352 g/mol. The van der Waals surface area contributed by atoms with E-state index in [1.807, 2.05) is 24.3 Å². The molecule has 2 N–H and O–H groups in total. The molecule has 3 rings (SSSR count). The molecule has 0 aliphatic carbocycles. The molecule has 0 saturated heterocycles. The molecule has 8 heteroatoms. The molecule has 122 valence electrons. The number of para-hydroxylation sites is 2. The summed E-state index contributed by atoms with van der Waals surface area (Å²) in [6, 6.07) is 13.6. The first-order valence-corrected chi connectivity index (χ1v) is 9.97. The molecule has 0 atom stereocenters. The van der Waals surface area contributed by atoms with Crippen molar-refractivity contribution >= 4 is 32.0 Å². The van der Waals surface area contributed by atoms with Crippen molar-refractivity contribution in [2.75, 3.05) is 12.5 Å². The van der Waals surface area contributed by atoms with Crippen molar-refractivity contribution in [3.8, 4) is 11.4 Å². The molecule has 0 spiro atoms. The summed E-state index contributed by atoms with van der Waals surface area (Å²) >= 11 is 0. The summed E-state index contributed by atoms with van der Waals surface area (Å²) in [7, 11) is -5.12. The zero-order chi connectivity index (χ0) is 17.0. The number of aromatic amines is 2. The average molecular weight is 352 g/mol. The van der Waals surface area contributed by atoms with Crippen LogP contribution in [0.3, 0.4) is 0 Å². The Labute approximate surface area is 136 Å². The molecule has 0 radical (unpaired) electrons. The summed E-state index contributed by atoms with van der Waals surface area (Å²) < 4.78 is 43.3. The Balaban J connectivity index is 0.000000433. The van der Waals surface area contributed by atoms with Gasteiger partial charge in [0.25, 0.3) is 5.82 Å². The lowest BCUT2D eigenvalue weighted by molar-refractivity contribution is -0.330. The normalized spacial score (nSPS) is 11.3. The minimum absolute atomic E-state index is 0.238. The lowest BCUT2D eigenvalue weighted by atomic mass is 10.2. The molecule has 2 aromatic carbocycles. The SMILES string of the molecule is CS(C)=O.O=S(=O)([O-])c1ccccc1-c1[nH]c2ccccc2[nH+]1. The number of hydrogen-bond acceptors (Lipinski definition) is 4. The van der Waals surface area contributed by atoms with Gasteiger partial charge in [-0.3, -0.25) is 4.21 Å². The third-order valence-corrected chi connectivity index (χ3v) is 3.77. The lowest BCUT2D eigenvalue weighted by Gasteiger charge is -2.08. The molecule has 1 aromatic heterocycles. The van der Waals surface area contributed by atoms with Crippen LogP contribution < -0.4 is 4.98 Å². The Morgan fingerprint density at radius 2 is 1.61 bits per heavy atom. The third kappa shape index (κ3) is 4.47. The second-order valence-electron chi connectivity index (χ2n) is 4.86. The standard InChI is InChI=1S/C13H10N2O3S.C2H6OS/c16-19(17,18)12-8-4-1-5-9(12)13-14-10-6-2-3-7-11(10)15-13;1-4(2)3/h1-8H,(H,14,15)(H,16,17,18);1-2H3. The molecule has 0 saturated carbocycles. The van der Waals surface area contributed by atoms with Crippen LogP contribution >= 0.6 is 0 Å². The van der Waals surface area contributed by atoms with E-state index in [-0.39, 0.29) is 4.90 Å². The van der Waals surface area contributed by atoms with Crippen molar-refractivity contribution in [2.24, 2.45) is 0 Å². The highest BCUT2D eigenvalue weighted by Crippen LogP contribution is 2.24. The molecule has 23 heavy (non-hydrogen) atoms. The molecule has 0 bridgehead atoms. The van der Waals surface area contributed by atoms with Gasteiger partial charge in [-0.25, -0.2) is 18.4 Å². The zero-order valence-corrected chi connectivity index (χ0v) is 14.2. The fourth-order valence-electron chi connectivity index (χ4n) is 2.03. The van der Waals surface area contributed by atoms with Gasteiger partial charge in [-0.05, 0) is 24.3 Å². The van der Waals surface area contributed by atoms with Crippen LogP contribution in [0.5, 0.6) is 0 Å². The molecule has 0 aliphatic rings. The average Bonchev–Trinajstić information content (AvgIpc) is 2.89. The van der Waals surface area contributed by atoms with Crippen LogP contribution in [0, 0.1) is 0 Å². The molecule has 0 aliphatic heterocycles. The first-order valence-electron chi connectivity index (χ1n) is 6.59. The van der Waals surface area contributed by atoms with E-state index in [9.17, 15) is 17.2 Å². The number of rotatable bonds is 2.